The number of fused-ring (bicyclic) bond motifs is 2. The summed E-state index contributed by atoms with van der Waals surface area (Å²) in [6, 6.07) is 1.67. The van der Waals surface area contributed by atoms with Gasteiger partial charge in [0.25, 0.3) is 0 Å². The summed E-state index contributed by atoms with van der Waals surface area (Å²) in [7, 11) is 1.27. The van der Waals surface area contributed by atoms with E-state index >= 15 is 0 Å². The second-order valence-corrected chi connectivity index (χ2v) is 8.19. The Morgan fingerprint density at radius 1 is 1.38 bits per heavy atom. The number of Topliss-reactive ketones (excluding diaryl/α,β-unsaturated/α-hetero) is 1. The molecule has 2 bridgehead atoms. The van der Waals surface area contributed by atoms with Crippen LogP contribution in [0.5, 0.6) is 0 Å². The van der Waals surface area contributed by atoms with E-state index in [4.69, 9.17) is 9.47 Å². The highest BCUT2D eigenvalue weighted by molar-refractivity contribution is 6.11. The van der Waals surface area contributed by atoms with E-state index in [0.717, 1.165) is 11.1 Å². The standard InChI is InChI=1S/C20H20O6/c1-8-4-11(17(22)25-3)15-13(21)7-19-9(2)5-14(26-18(19)23)12-6-10(8)16(15)20(12,19)24/h4,9,12,14,24H,5-7H2,1-3H3. The highest BCUT2D eigenvalue weighted by Gasteiger charge is 2.77. The van der Waals surface area contributed by atoms with Gasteiger partial charge in [0.1, 0.15) is 17.1 Å². The fourth-order valence-corrected chi connectivity index (χ4v) is 6.15. The largest absolute Gasteiger partial charge is 0.465 e. The molecule has 6 rings (SSSR count). The fourth-order valence-electron chi connectivity index (χ4n) is 6.15. The molecule has 5 atom stereocenters. The number of ether oxygens (including phenoxy) is 2. The first-order chi connectivity index (χ1) is 12.3. The zero-order valence-electron chi connectivity index (χ0n) is 14.9. The van der Waals surface area contributed by atoms with Crippen LogP contribution in [0.3, 0.4) is 0 Å². The quantitative estimate of drug-likeness (QED) is 0.770. The van der Waals surface area contributed by atoms with Gasteiger partial charge < -0.3 is 14.6 Å². The SMILES string of the molecule is COC(=O)c1cc(C)c2c3c1C(=O)CC14C(=O)OC(CC1C)C(C2)C34O. The maximum Gasteiger partial charge on any atom is 0.338 e. The van der Waals surface area contributed by atoms with Crippen LogP contribution in [0.1, 0.15) is 57.2 Å². The predicted molar refractivity (Wildman–Crippen MR) is 88.7 cm³/mol. The molecule has 1 aromatic carbocycles. The molecule has 2 aliphatic heterocycles. The van der Waals surface area contributed by atoms with Crippen LogP contribution < -0.4 is 0 Å². The maximum atomic E-state index is 13.2. The molecule has 0 radical (unpaired) electrons. The molecular weight excluding hydrogens is 336 g/mol. The number of benzene rings is 1. The van der Waals surface area contributed by atoms with Crippen LogP contribution in [0.25, 0.3) is 0 Å². The molecule has 2 heterocycles. The Labute approximate surface area is 150 Å². The molecule has 5 aliphatic rings. The lowest BCUT2D eigenvalue weighted by Crippen LogP contribution is -2.71. The molecule has 1 aromatic rings. The van der Waals surface area contributed by atoms with E-state index in [-0.39, 0.29) is 41.3 Å². The Balaban J connectivity index is 1.90. The number of hydrogen-bond acceptors (Lipinski definition) is 6. The van der Waals surface area contributed by atoms with Gasteiger partial charge in [-0.15, -0.1) is 0 Å². The zero-order valence-corrected chi connectivity index (χ0v) is 14.9. The maximum absolute atomic E-state index is 13.2. The van der Waals surface area contributed by atoms with Gasteiger partial charge in [-0.3, -0.25) is 9.59 Å². The molecule has 3 aliphatic carbocycles. The smallest absolute Gasteiger partial charge is 0.338 e. The first kappa shape index (κ1) is 16.0. The second kappa shape index (κ2) is 4.55. The van der Waals surface area contributed by atoms with Crippen molar-refractivity contribution < 1.29 is 29.0 Å². The Bertz CT molecular complexity index is 917. The molecule has 3 fully saturated rings. The zero-order chi connectivity index (χ0) is 18.6. The second-order valence-electron chi connectivity index (χ2n) is 8.19. The van der Waals surface area contributed by atoms with Crippen molar-refractivity contribution in [1.29, 1.82) is 0 Å². The van der Waals surface area contributed by atoms with Gasteiger partial charge in [-0.25, -0.2) is 4.79 Å². The highest BCUT2D eigenvalue weighted by Crippen LogP contribution is 2.69. The fraction of sp³-hybridized carbons (Fsp3) is 0.550. The van der Waals surface area contributed by atoms with Crippen molar-refractivity contribution in [3.05, 3.63) is 33.9 Å². The van der Waals surface area contributed by atoms with Crippen LogP contribution in [0.15, 0.2) is 6.07 Å². The molecule has 136 valence electrons. The monoisotopic (exact) mass is 356 g/mol. The number of aliphatic hydroxyl groups is 1. The normalized spacial score (nSPS) is 38.8. The Morgan fingerprint density at radius 3 is 2.77 bits per heavy atom. The third-order valence-corrected chi connectivity index (χ3v) is 7.30. The summed E-state index contributed by atoms with van der Waals surface area (Å²) in [5, 5.41) is 12.0. The first-order valence-corrected chi connectivity index (χ1v) is 8.99. The lowest BCUT2D eigenvalue weighted by atomic mass is 9.47. The van der Waals surface area contributed by atoms with Crippen molar-refractivity contribution in [1.82, 2.24) is 0 Å². The van der Waals surface area contributed by atoms with Gasteiger partial charge >= 0.3 is 11.9 Å². The van der Waals surface area contributed by atoms with E-state index < -0.39 is 23.0 Å². The van der Waals surface area contributed by atoms with Crippen molar-refractivity contribution in [2.24, 2.45) is 17.3 Å². The van der Waals surface area contributed by atoms with Gasteiger partial charge in [0.2, 0.25) is 0 Å². The van der Waals surface area contributed by atoms with Crippen LogP contribution in [0.2, 0.25) is 0 Å². The number of carbonyl (C=O) groups excluding carboxylic acids is 3. The summed E-state index contributed by atoms with van der Waals surface area (Å²) in [6.07, 6.45) is 0.704. The summed E-state index contributed by atoms with van der Waals surface area (Å²) in [5.41, 5.74) is -0.125. The average molecular weight is 356 g/mol. The molecular formula is C20H20O6. The van der Waals surface area contributed by atoms with Crippen molar-refractivity contribution in [3.63, 3.8) is 0 Å². The number of rotatable bonds is 1. The number of ketones is 1. The van der Waals surface area contributed by atoms with Gasteiger partial charge in [0, 0.05) is 23.5 Å². The van der Waals surface area contributed by atoms with Gasteiger partial charge in [-0.1, -0.05) is 6.92 Å². The number of methoxy groups -OCH3 is 1. The molecule has 1 spiro atoms. The summed E-state index contributed by atoms with van der Waals surface area (Å²) in [6.45, 7) is 3.78. The number of aryl methyl sites for hydroxylation is 1. The number of carbonyl (C=O) groups is 3. The van der Waals surface area contributed by atoms with Crippen molar-refractivity contribution in [2.75, 3.05) is 7.11 Å². The van der Waals surface area contributed by atoms with Crippen molar-refractivity contribution in [3.8, 4) is 0 Å². The van der Waals surface area contributed by atoms with E-state index in [0.29, 0.717) is 18.4 Å². The molecule has 6 heteroatoms. The predicted octanol–water partition coefficient (Wildman–Crippen LogP) is 1.68. The summed E-state index contributed by atoms with van der Waals surface area (Å²) < 4.78 is 10.5. The Morgan fingerprint density at radius 2 is 2.12 bits per heavy atom. The third-order valence-electron chi connectivity index (χ3n) is 7.30. The number of esters is 2. The van der Waals surface area contributed by atoms with Gasteiger partial charge in [-0.2, -0.15) is 0 Å². The minimum atomic E-state index is -1.46. The minimum absolute atomic E-state index is 0.133. The van der Waals surface area contributed by atoms with E-state index in [9.17, 15) is 19.5 Å². The summed E-state index contributed by atoms with van der Waals surface area (Å²) in [5.74, 6) is -1.81. The van der Waals surface area contributed by atoms with Crippen LogP contribution in [0, 0.1) is 24.2 Å². The lowest BCUT2D eigenvalue weighted by molar-refractivity contribution is -0.270. The topological polar surface area (TPSA) is 89.9 Å². The molecule has 5 unspecified atom stereocenters. The van der Waals surface area contributed by atoms with Crippen LogP contribution in [-0.4, -0.2) is 36.0 Å². The minimum Gasteiger partial charge on any atom is -0.465 e. The van der Waals surface area contributed by atoms with E-state index in [1.54, 1.807) is 6.07 Å². The summed E-state index contributed by atoms with van der Waals surface area (Å²) in [4.78, 5) is 38.3. The first-order valence-electron chi connectivity index (χ1n) is 8.99. The highest BCUT2D eigenvalue weighted by atomic mass is 16.6. The van der Waals surface area contributed by atoms with Gasteiger partial charge in [0.15, 0.2) is 5.78 Å². The van der Waals surface area contributed by atoms with E-state index in [1.165, 1.54) is 7.11 Å². The van der Waals surface area contributed by atoms with Crippen LogP contribution in [0.4, 0.5) is 0 Å². The van der Waals surface area contributed by atoms with Crippen molar-refractivity contribution >= 4 is 17.7 Å². The number of hydrogen-bond donors (Lipinski definition) is 1. The molecule has 1 saturated carbocycles. The molecule has 26 heavy (non-hydrogen) atoms. The lowest BCUT2D eigenvalue weighted by Gasteiger charge is -2.61. The van der Waals surface area contributed by atoms with Gasteiger partial charge in [-0.05, 0) is 42.9 Å². The van der Waals surface area contributed by atoms with Gasteiger partial charge in [0.05, 0.1) is 12.7 Å². The molecule has 6 nitrogen and oxygen atoms in total. The van der Waals surface area contributed by atoms with E-state index in [2.05, 4.69) is 0 Å². The molecule has 0 amide bonds. The average Bonchev–Trinajstić information content (AvgIpc) is 2.92. The Kier molecular flexibility index (Phi) is 2.80. The molecule has 2 saturated heterocycles. The Hall–Kier alpha value is -2.21. The van der Waals surface area contributed by atoms with Crippen molar-refractivity contribution in [2.45, 2.75) is 44.8 Å². The third kappa shape index (κ3) is 1.41. The van der Waals surface area contributed by atoms with E-state index in [1.807, 2.05) is 13.8 Å². The van der Waals surface area contributed by atoms with Crippen LogP contribution >= 0.6 is 0 Å². The van der Waals surface area contributed by atoms with Crippen LogP contribution in [-0.2, 0) is 26.3 Å². The molecule has 0 aromatic heterocycles. The molecule has 1 N–H and O–H groups in total. The summed E-state index contributed by atoms with van der Waals surface area (Å²) >= 11 is 0.